The van der Waals surface area contributed by atoms with Crippen molar-refractivity contribution in [2.24, 2.45) is 0 Å². The van der Waals surface area contributed by atoms with Crippen molar-refractivity contribution >= 4 is 11.9 Å². The summed E-state index contributed by atoms with van der Waals surface area (Å²) in [6, 6.07) is 9.17. The Bertz CT molecular complexity index is 728. The van der Waals surface area contributed by atoms with Gasteiger partial charge in [-0.3, -0.25) is 19.2 Å². The number of nitrogens with zero attached hydrogens (tertiary/aromatic N) is 3. The van der Waals surface area contributed by atoms with Gasteiger partial charge in [0, 0.05) is 18.8 Å². The molecule has 1 aliphatic heterocycles. The Balaban J connectivity index is 1.59. The zero-order valence-corrected chi connectivity index (χ0v) is 13.4. The Labute approximate surface area is 139 Å². The van der Waals surface area contributed by atoms with Gasteiger partial charge in [0.25, 0.3) is 5.91 Å². The second-order valence-electron chi connectivity index (χ2n) is 6.11. The third-order valence-corrected chi connectivity index (χ3v) is 4.25. The number of carboxylic acid groups (broad SMARTS) is 1. The number of carboxylic acids is 1. The summed E-state index contributed by atoms with van der Waals surface area (Å²) in [5, 5.41) is 16.2. The van der Waals surface area contributed by atoms with Crippen LogP contribution in [0.2, 0.25) is 0 Å². The summed E-state index contributed by atoms with van der Waals surface area (Å²) in [5.74, 6) is -1.08. The van der Waals surface area contributed by atoms with Gasteiger partial charge in [-0.05, 0) is 19.0 Å². The molecule has 0 spiro atoms. The van der Waals surface area contributed by atoms with E-state index in [1.54, 1.807) is 22.8 Å². The number of carbonyl (C=O) groups excluding carboxylic acids is 1. The number of nitrogens with one attached hydrogen (secondary N) is 1. The number of likely N-dealkylation sites (N-methyl/N-ethyl adjacent to an activating group) is 1. The number of rotatable bonds is 5. The van der Waals surface area contributed by atoms with E-state index in [1.807, 2.05) is 30.3 Å². The van der Waals surface area contributed by atoms with Crippen molar-refractivity contribution in [2.75, 3.05) is 13.6 Å². The molecule has 2 heterocycles. The lowest BCUT2D eigenvalue weighted by molar-refractivity contribution is -0.141. The van der Waals surface area contributed by atoms with E-state index < -0.39 is 12.0 Å². The summed E-state index contributed by atoms with van der Waals surface area (Å²) in [6.07, 6.45) is 3.65. The number of hydrogen-bond acceptors (Lipinski definition) is 4. The Morgan fingerprint density at radius 3 is 2.75 bits per heavy atom. The van der Waals surface area contributed by atoms with Gasteiger partial charge in [0.05, 0.1) is 18.3 Å². The van der Waals surface area contributed by atoms with E-state index >= 15 is 0 Å². The van der Waals surface area contributed by atoms with Crippen LogP contribution >= 0.6 is 0 Å². The molecule has 1 aliphatic rings. The third-order valence-electron chi connectivity index (χ3n) is 4.25. The van der Waals surface area contributed by atoms with Crippen molar-refractivity contribution in [3.05, 3.63) is 53.9 Å². The van der Waals surface area contributed by atoms with E-state index in [4.69, 9.17) is 5.11 Å². The molecule has 7 heteroatoms. The SMILES string of the molecule is CN1C[C@@H](NC(=O)c2cnn(Cc3ccccc3)c2)C[C@H]1C(=O)O. The second kappa shape index (κ2) is 6.84. The van der Waals surface area contributed by atoms with Crippen molar-refractivity contribution in [3.8, 4) is 0 Å². The maximum Gasteiger partial charge on any atom is 0.320 e. The molecule has 1 aromatic carbocycles. The molecular weight excluding hydrogens is 308 g/mol. The van der Waals surface area contributed by atoms with E-state index in [1.165, 1.54) is 6.20 Å². The molecule has 0 saturated carbocycles. The van der Waals surface area contributed by atoms with Crippen LogP contribution in [0.15, 0.2) is 42.7 Å². The molecule has 1 aromatic heterocycles. The Hall–Kier alpha value is -2.67. The molecule has 0 radical (unpaired) electrons. The monoisotopic (exact) mass is 328 g/mol. The lowest BCUT2D eigenvalue weighted by atomic mass is 10.1. The van der Waals surface area contributed by atoms with Crippen LogP contribution in [0.5, 0.6) is 0 Å². The number of benzene rings is 1. The van der Waals surface area contributed by atoms with Crippen LogP contribution in [0.3, 0.4) is 0 Å². The van der Waals surface area contributed by atoms with Gasteiger partial charge >= 0.3 is 5.97 Å². The minimum atomic E-state index is -0.857. The minimum Gasteiger partial charge on any atom is -0.480 e. The molecule has 1 saturated heterocycles. The average Bonchev–Trinajstić information content (AvgIpc) is 3.15. The third kappa shape index (κ3) is 3.62. The molecule has 3 rings (SSSR count). The Morgan fingerprint density at radius 1 is 1.33 bits per heavy atom. The van der Waals surface area contributed by atoms with Crippen LogP contribution in [-0.4, -0.2) is 57.3 Å². The van der Waals surface area contributed by atoms with Crippen molar-refractivity contribution < 1.29 is 14.7 Å². The number of hydrogen-bond donors (Lipinski definition) is 2. The number of carbonyl (C=O) groups is 2. The molecule has 0 unspecified atom stereocenters. The fourth-order valence-electron chi connectivity index (χ4n) is 3.00. The van der Waals surface area contributed by atoms with Crippen LogP contribution in [-0.2, 0) is 11.3 Å². The fraction of sp³-hybridized carbons (Fsp3) is 0.353. The van der Waals surface area contributed by atoms with Crippen LogP contribution < -0.4 is 5.32 Å². The van der Waals surface area contributed by atoms with Gasteiger partial charge < -0.3 is 10.4 Å². The standard InChI is InChI=1S/C17H20N4O3/c1-20-11-14(7-15(20)17(23)24)19-16(22)13-8-18-21(10-13)9-12-5-3-2-4-6-12/h2-6,8,10,14-15H,7,9,11H2,1H3,(H,19,22)(H,23,24)/t14-,15-/m0/s1. The zero-order valence-electron chi connectivity index (χ0n) is 13.4. The smallest absolute Gasteiger partial charge is 0.320 e. The van der Waals surface area contributed by atoms with Gasteiger partial charge in [0.15, 0.2) is 0 Å². The molecule has 126 valence electrons. The van der Waals surface area contributed by atoms with Gasteiger partial charge in [-0.2, -0.15) is 5.10 Å². The number of amides is 1. The number of aromatic nitrogens is 2. The quantitative estimate of drug-likeness (QED) is 0.848. The highest BCUT2D eigenvalue weighted by molar-refractivity contribution is 5.94. The summed E-state index contributed by atoms with van der Waals surface area (Å²) in [4.78, 5) is 25.2. The summed E-state index contributed by atoms with van der Waals surface area (Å²) < 4.78 is 1.71. The molecule has 1 fully saturated rings. The van der Waals surface area contributed by atoms with E-state index in [2.05, 4.69) is 10.4 Å². The van der Waals surface area contributed by atoms with Gasteiger partial charge in [-0.1, -0.05) is 30.3 Å². The molecule has 1 amide bonds. The number of likely N-dealkylation sites (tertiary alicyclic amines) is 1. The van der Waals surface area contributed by atoms with Gasteiger partial charge in [0.2, 0.25) is 0 Å². The highest BCUT2D eigenvalue weighted by Crippen LogP contribution is 2.16. The first-order valence-corrected chi connectivity index (χ1v) is 7.83. The van der Waals surface area contributed by atoms with Crippen LogP contribution in [0.25, 0.3) is 0 Å². The largest absolute Gasteiger partial charge is 0.480 e. The molecule has 0 bridgehead atoms. The van der Waals surface area contributed by atoms with Crippen molar-refractivity contribution in [1.29, 1.82) is 0 Å². The first-order valence-electron chi connectivity index (χ1n) is 7.83. The van der Waals surface area contributed by atoms with Crippen LogP contribution in [0.1, 0.15) is 22.3 Å². The maximum absolute atomic E-state index is 12.3. The van der Waals surface area contributed by atoms with Crippen LogP contribution in [0, 0.1) is 0 Å². The van der Waals surface area contributed by atoms with Gasteiger partial charge in [-0.15, -0.1) is 0 Å². The number of aliphatic carboxylic acids is 1. The molecule has 7 nitrogen and oxygen atoms in total. The lowest BCUT2D eigenvalue weighted by Crippen LogP contribution is -2.36. The van der Waals surface area contributed by atoms with E-state index in [0.29, 0.717) is 25.1 Å². The van der Waals surface area contributed by atoms with Crippen LogP contribution in [0.4, 0.5) is 0 Å². The Morgan fingerprint density at radius 2 is 2.08 bits per heavy atom. The van der Waals surface area contributed by atoms with E-state index in [9.17, 15) is 9.59 Å². The van der Waals surface area contributed by atoms with Gasteiger partial charge in [0.1, 0.15) is 6.04 Å². The maximum atomic E-state index is 12.3. The zero-order chi connectivity index (χ0) is 17.1. The van der Waals surface area contributed by atoms with Crippen molar-refractivity contribution in [2.45, 2.75) is 25.0 Å². The second-order valence-corrected chi connectivity index (χ2v) is 6.11. The summed E-state index contributed by atoms with van der Waals surface area (Å²) >= 11 is 0. The molecular formula is C17H20N4O3. The minimum absolute atomic E-state index is 0.166. The summed E-state index contributed by atoms with van der Waals surface area (Å²) in [7, 11) is 1.75. The predicted molar refractivity (Wildman–Crippen MR) is 87.7 cm³/mol. The van der Waals surface area contributed by atoms with Crippen molar-refractivity contribution in [1.82, 2.24) is 20.0 Å². The van der Waals surface area contributed by atoms with E-state index in [0.717, 1.165) is 5.56 Å². The van der Waals surface area contributed by atoms with Crippen molar-refractivity contribution in [3.63, 3.8) is 0 Å². The van der Waals surface area contributed by atoms with Gasteiger partial charge in [-0.25, -0.2) is 0 Å². The molecule has 2 N–H and O–H groups in total. The summed E-state index contributed by atoms with van der Waals surface area (Å²) in [6.45, 7) is 1.13. The summed E-state index contributed by atoms with van der Waals surface area (Å²) in [5.41, 5.74) is 1.58. The topological polar surface area (TPSA) is 87.5 Å². The fourth-order valence-corrected chi connectivity index (χ4v) is 3.00. The lowest BCUT2D eigenvalue weighted by Gasteiger charge is -2.13. The first-order chi connectivity index (χ1) is 11.5. The highest BCUT2D eigenvalue weighted by atomic mass is 16.4. The molecule has 0 aliphatic carbocycles. The molecule has 2 atom stereocenters. The average molecular weight is 328 g/mol. The highest BCUT2D eigenvalue weighted by Gasteiger charge is 2.35. The molecule has 2 aromatic rings. The normalized spacial score (nSPS) is 20.9. The Kier molecular flexibility index (Phi) is 4.61. The predicted octanol–water partition coefficient (Wildman–Crippen LogP) is 0.818. The molecule has 24 heavy (non-hydrogen) atoms. The first kappa shape index (κ1) is 16.2. The van der Waals surface area contributed by atoms with E-state index in [-0.39, 0.29) is 11.9 Å².